The van der Waals surface area contributed by atoms with Crippen molar-refractivity contribution in [1.82, 2.24) is 5.32 Å². The highest BCUT2D eigenvalue weighted by molar-refractivity contribution is 8.00. The number of carbonyl (C=O) groups excluding carboxylic acids is 1. The van der Waals surface area contributed by atoms with Gasteiger partial charge < -0.3 is 10.1 Å². The summed E-state index contributed by atoms with van der Waals surface area (Å²) in [5.74, 6) is 1.22. The second-order valence-electron chi connectivity index (χ2n) is 5.07. The summed E-state index contributed by atoms with van der Waals surface area (Å²) in [7, 11) is 1.46. The number of rotatable bonds is 7. The highest BCUT2D eigenvalue weighted by Crippen LogP contribution is 2.34. The van der Waals surface area contributed by atoms with Gasteiger partial charge >= 0.3 is 5.97 Å². The highest BCUT2D eigenvalue weighted by Gasteiger charge is 2.30. The molecule has 0 heterocycles. The molecule has 0 aliphatic heterocycles. The van der Waals surface area contributed by atoms with Gasteiger partial charge in [0.15, 0.2) is 0 Å². The van der Waals surface area contributed by atoms with E-state index in [2.05, 4.69) is 19.2 Å². The lowest BCUT2D eigenvalue weighted by atomic mass is 9.84. The molecule has 0 radical (unpaired) electrons. The molecule has 3 nitrogen and oxygen atoms in total. The van der Waals surface area contributed by atoms with E-state index in [4.69, 9.17) is 4.74 Å². The van der Waals surface area contributed by atoms with E-state index in [9.17, 15) is 4.79 Å². The smallest absolute Gasteiger partial charge is 0.315 e. The van der Waals surface area contributed by atoms with Crippen molar-refractivity contribution in [3.05, 3.63) is 0 Å². The van der Waals surface area contributed by atoms with Crippen molar-refractivity contribution in [2.45, 2.75) is 57.2 Å². The molecule has 0 spiro atoms. The zero-order chi connectivity index (χ0) is 13.4. The first kappa shape index (κ1) is 15.8. The van der Waals surface area contributed by atoms with Gasteiger partial charge in [0.1, 0.15) is 0 Å². The molecule has 0 aromatic heterocycles. The van der Waals surface area contributed by atoms with E-state index in [1.807, 2.05) is 0 Å². The van der Waals surface area contributed by atoms with E-state index in [0.29, 0.717) is 17.0 Å². The van der Waals surface area contributed by atoms with Gasteiger partial charge in [0.05, 0.1) is 12.9 Å². The number of ether oxygens (including phenoxy) is 1. The van der Waals surface area contributed by atoms with Crippen LogP contribution >= 0.6 is 11.8 Å². The lowest BCUT2D eigenvalue weighted by molar-refractivity contribution is -0.137. The van der Waals surface area contributed by atoms with Gasteiger partial charge in [0.25, 0.3) is 0 Å². The Morgan fingerprint density at radius 1 is 1.39 bits per heavy atom. The van der Waals surface area contributed by atoms with Crippen molar-refractivity contribution in [2.75, 3.05) is 19.4 Å². The molecule has 0 saturated heterocycles. The number of esters is 1. The van der Waals surface area contributed by atoms with Crippen molar-refractivity contribution < 1.29 is 9.53 Å². The molecule has 4 heteroatoms. The van der Waals surface area contributed by atoms with Crippen molar-refractivity contribution in [2.24, 2.45) is 5.92 Å². The van der Waals surface area contributed by atoms with Gasteiger partial charge in [-0.25, -0.2) is 0 Å². The first-order valence-corrected chi connectivity index (χ1v) is 8.17. The molecule has 0 bridgehead atoms. The fraction of sp³-hybridized carbons (Fsp3) is 0.929. The first-order chi connectivity index (χ1) is 8.71. The lowest BCUT2D eigenvalue weighted by Gasteiger charge is -2.36. The summed E-state index contributed by atoms with van der Waals surface area (Å²) in [6.45, 7) is 5.55. The summed E-state index contributed by atoms with van der Waals surface area (Å²) >= 11 is 1.77. The number of carbonyl (C=O) groups is 1. The van der Waals surface area contributed by atoms with Crippen LogP contribution in [0.25, 0.3) is 0 Å². The van der Waals surface area contributed by atoms with Crippen LogP contribution in [0.4, 0.5) is 0 Å². The maximum atomic E-state index is 11.3. The van der Waals surface area contributed by atoms with Gasteiger partial charge in [-0.15, -0.1) is 11.8 Å². The molecule has 3 atom stereocenters. The third-order valence-corrected chi connectivity index (χ3v) is 5.13. The van der Waals surface area contributed by atoms with Crippen molar-refractivity contribution in [3.63, 3.8) is 0 Å². The van der Waals surface area contributed by atoms with Crippen LogP contribution in [-0.2, 0) is 9.53 Å². The van der Waals surface area contributed by atoms with Crippen LogP contribution in [0.2, 0.25) is 0 Å². The lowest BCUT2D eigenvalue weighted by Crippen LogP contribution is -2.43. The fourth-order valence-electron chi connectivity index (χ4n) is 2.56. The molecule has 1 aliphatic rings. The molecule has 0 aromatic carbocycles. The summed E-state index contributed by atoms with van der Waals surface area (Å²) in [4.78, 5) is 11.3. The molecule has 18 heavy (non-hydrogen) atoms. The second-order valence-corrected chi connectivity index (χ2v) is 6.30. The molecule has 1 rings (SSSR count). The minimum atomic E-state index is -0.104. The van der Waals surface area contributed by atoms with Crippen molar-refractivity contribution >= 4 is 17.7 Å². The average molecular weight is 273 g/mol. The Morgan fingerprint density at radius 3 is 2.78 bits per heavy atom. The third kappa shape index (κ3) is 5.19. The number of nitrogens with one attached hydrogen (secondary N) is 1. The van der Waals surface area contributed by atoms with Crippen molar-refractivity contribution in [1.29, 1.82) is 0 Å². The van der Waals surface area contributed by atoms with Gasteiger partial charge in [-0.05, 0) is 38.1 Å². The summed E-state index contributed by atoms with van der Waals surface area (Å²) in [5.41, 5.74) is 0. The van der Waals surface area contributed by atoms with Crippen LogP contribution in [0, 0.1) is 5.92 Å². The van der Waals surface area contributed by atoms with E-state index in [1.165, 1.54) is 39.2 Å². The molecule has 1 fully saturated rings. The van der Waals surface area contributed by atoms with Gasteiger partial charge in [-0.2, -0.15) is 0 Å². The topological polar surface area (TPSA) is 38.3 Å². The van der Waals surface area contributed by atoms with E-state index >= 15 is 0 Å². The van der Waals surface area contributed by atoms with Gasteiger partial charge in [-0.1, -0.05) is 20.3 Å². The maximum Gasteiger partial charge on any atom is 0.315 e. The van der Waals surface area contributed by atoms with Gasteiger partial charge in [0.2, 0.25) is 0 Å². The fourth-order valence-corrected chi connectivity index (χ4v) is 3.90. The monoisotopic (exact) mass is 273 g/mol. The summed E-state index contributed by atoms with van der Waals surface area (Å²) in [6, 6.07) is 0.572. The summed E-state index contributed by atoms with van der Waals surface area (Å²) in [6.07, 6.45) is 6.24. The number of thioether (sulfide) groups is 1. The normalized spacial score (nSPS) is 28.1. The molecule has 1 aliphatic carbocycles. The van der Waals surface area contributed by atoms with Crippen LogP contribution in [0.3, 0.4) is 0 Å². The van der Waals surface area contributed by atoms with E-state index in [-0.39, 0.29) is 5.97 Å². The Hall–Kier alpha value is -0.220. The average Bonchev–Trinajstić information content (AvgIpc) is 2.42. The van der Waals surface area contributed by atoms with Gasteiger partial charge in [-0.3, -0.25) is 4.79 Å². The van der Waals surface area contributed by atoms with E-state index in [1.54, 1.807) is 11.8 Å². The highest BCUT2D eigenvalue weighted by atomic mass is 32.2. The predicted molar refractivity (Wildman–Crippen MR) is 78.0 cm³/mol. The molecule has 0 amide bonds. The summed E-state index contributed by atoms with van der Waals surface area (Å²) < 4.78 is 4.73. The molecule has 106 valence electrons. The molecule has 0 aromatic rings. The van der Waals surface area contributed by atoms with Crippen LogP contribution in [0.1, 0.15) is 46.0 Å². The van der Waals surface area contributed by atoms with Crippen LogP contribution in [0.15, 0.2) is 0 Å². The summed E-state index contributed by atoms with van der Waals surface area (Å²) in [5, 5.41) is 4.20. The number of methoxy groups -OCH3 is 1. The maximum absolute atomic E-state index is 11.3. The number of hydrogen-bond donors (Lipinski definition) is 1. The molecule has 1 N–H and O–H groups in total. The predicted octanol–water partition coefficient (Wildman–Crippen LogP) is 2.84. The Balaban J connectivity index is 2.45. The van der Waals surface area contributed by atoms with Crippen molar-refractivity contribution in [3.8, 4) is 0 Å². The van der Waals surface area contributed by atoms with E-state index < -0.39 is 0 Å². The zero-order valence-electron chi connectivity index (χ0n) is 11.9. The minimum absolute atomic E-state index is 0.104. The van der Waals surface area contributed by atoms with Crippen LogP contribution in [-0.4, -0.2) is 36.7 Å². The quantitative estimate of drug-likeness (QED) is 0.724. The van der Waals surface area contributed by atoms with Gasteiger partial charge in [0, 0.05) is 11.3 Å². The largest absolute Gasteiger partial charge is 0.468 e. The van der Waals surface area contributed by atoms with E-state index in [0.717, 1.165) is 12.5 Å². The molecule has 1 saturated carbocycles. The first-order valence-electron chi connectivity index (χ1n) is 7.13. The Morgan fingerprint density at radius 2 is 2.17 bits per heavy atom. The Labute approximate surface area is 115 Å². The zero-order valence-corrected chi connectivity index (χ0v) is 12.7. The van der Waals surface area contributed by atoms with Crippen LogP contribution in [0.5, 0.6) is 0 Å². The Kier molecular flexibility index (Phi) is 7.75. The second kappa shape index (κ2) is 8.81. The number of hydrogen-bond acceptors (Lipinski definition) is 4. The standard InChI is InChI=1S/C14H27NO2S/c1-4-8-15-12-7-6-11(5-2)9-13(12)18-10-14(16)17-3/h11-13,15H,4-10H2,1-3H3. The molecular formula is C14H27NO2S. The third-order valence-electron chi connectivity index (χ3n) is 3.78. The minimum Gasteiger partial charge on any atom is -0.468 e. The van der Waals surface area contributed by atoms with Crippen LogP contribution < -0.4 is 5.32 Å². The SMILES string of the molecule is CCCNC1CCC(CC)CC1SCC(=O)OC. The Bertz CT molecular complexity index is 248. The molecule has 3 unspecified atom stereocenters. The molecular weight excluding hydrogens is 246 g/mol.